The Bertz CT molecular complexity index is 1170. The quantitative estimate of drug-likeness (QED) is 0.204. The fraction of sp³-hybridized carbons (Fsp3) is 0.500. The molecule has 2 aromatic rings. The third-order valence-electron chi connectivity index (χ3n) is 3.78. The molecular weight excluding hydrogens is 491 g/mol. The predicted molar refractivity (Wildman–Crippen MR) is 96.9 cm³/mol. The van der Waals surface area contributed by atoms with Gasteiger partial charge in [0.15, 0.2) is 11.2 Å². The molecule has 1 fully saturated rings. The first kappa shape index (κ1) is 24.1. The first-order chi connectivity index (χ1) is 14.2. The van der Waals surface area contributed by atoms with E-state index < -0.39 is 54.1 Å². The topological polar surface area (TPSA) is 279 Å². The van der Waals surface area contributed by atoms with Gasteiger partial charge in [-0.05, 0) is 0 Å². The van der Waals surface area contributed by atoms with E-state index in [-0.39, 0.29) is 23.5 Å². The van der Waals surface area contributed by atoms with Gasteiger partial charge in [0.1, 0.15) is 12.3 Å². The van der Waals surface area contributed by atoms with Crippen LogP contribution in [-0.2, 0) is 31.6 Å². The molecule has 1 aliphatic rings. The molecule has 1 aliphatic heterocycles. The van der Waals surface area contributed by atoms with Crippen LogP contribution in [0.1, 0.15) is 12.6 Å². The zero-order valence-corrected chi connectivity index (χ0v) is 17.7. The van der Waals surface area contributed by atoms with Gasteiger partial charge in [-0.15, -0.1) is 0 Å². The van der Waals surface area contributed by atoms with Gasteiger partial charge in [-0.3, -0.25) is 18.9 Å². The SMILES string of the molecule is Nc1nc2c(ncn2[C@H]2C[C@H](O)[C@H](COP(=O)(O)OP(=O)(O)OP(=O)(O)O)O2)c(=O)[nH]1. The van der Waals surface area contributed by atoms with E-state index in [2.05, 4.69) is 28.1 Å². The number of rotatable bonds is 8. The third-order valence-corrected chi connectivity index (χ3v) is 7.59. The van der Waals surface area contributed by atoms with Gasteiger partial charge in [-0.25, -0.2) is 18.7 Å². The van der Waals surface area contributed by atoms with Crippen molar-refractivity contribution in [3.05, 3.63) is 16.7 Å². The largest absolute Gasteiger partial charge is 0.490 e. The van der Waals surface area contributed by atoms with E-state index in [0.717, 1.165) is 0 Å². The molecule has 5 atom stereocenters. The smallest absolute Gasteiger partial charge is 0.390 e. The molecule has 8 N–H and O–H groups in total. The number of H-pyrrole nitrogens is 1. The van der Waals surface area contributed by atoms with Gasteiger partial charge in [-0.1, -0.05) is 0 Å². The zero-order chi connectivity index (χ0) is 23.2. The number of aliphatic hydroxyl groups excluding tert-OH is 1. The molecule has 3 heterocycles. The summed E-state index contributed by atoms with van der Waals surface area (Å²) in [7, 11) is -16.6. The van der Waals surface area contributed by atoms with Gasteiger partial charge in [0.05, 0.1) is 19.0 Å². The highest BCUT2D eigenvalue weighted by molar-refractivity contribution is 7.66. The normalized spacial score (nSPS) is 26.0. The molecule has 0 bridgehead atoms. The molecule has 0 aliphatic carbocycles. The van der Waals surface area contributed by atoms with E-state index in [0.29, 0.717) is 0 Å². The number of ether oxygens (including phenoxy) is 1. The van der Waals surface area contributed by atoms with E-state index in [1.54, 1.807) is 0 Å². The molecule has 0 aromatic carbocycles. The Morgan fingerprint density at radius 3 is 2.55 bits per heavy atom. The van der Waals surface area contributed by atoms with Crippen molar-refractivity contribution in [2.24, 2.45) is 0 Å². The fourth-order valence-corrected chi connectivity index (χ4v) is 5.69. The zero-order valence-electron chi connectivity index (χ0n) is 15.0. The van der Waals surface area contributed by atoms with Crippen LogP contribution in [0.2, 0.25) is 0 Å². The average molecular weight is 507 g/mol. The number of anilines is 1. The molecule has 0 spiro atoms. The molecule has 0 radical (unpaired) electrons. The molecule has 0 saturated carbocycles. The van der Waals surface area contributed by atoms with Gasteiger partial charge in [0.25, 0.3) is 5.56 Å². The van der Waals surface area contributed by atoms with Gasteiger partial charge >= 0.3 is 23.5 Å². The lowest BCUT2D eigenvalue weighted by Gasteiger charge is -2.19. The number of nitrogen functional groups attached to an aromatic ring is 1. The van der Waals surface area contributed by atoms with E-state index in [1.165, 1.54) is 10.9 Å². The highest BCUT2D eigenvalue weighted by atomic mass is 31.3. The Balaban J connectivity index is 1.67. The molecule has 2 aromatic heterocycles. The minimum Gasteiger partial charge on any atom is -0.390 e. The number of aromatic nitrogens is 4. The van der Waals surface area contributed by atoms with Crippen molar-refractivity contribution >= 4 is 40.6 Å². The van der Waals surface area contributed by atoms with Crippen LogP contribution in [0.15, 0.2) is 11.1 Å². The molecule has 2 unspecified atom stereocenters. The summed E-state index contributed by atoms with van der Waals surface area (Å²) in [4.78, 5) is 57.5. The number of aromatic amines is 1. The van der Waals surface area contributed by atoms with Crippen molar-refractivity contribution in [3.63, 3.8) is 0 Å². The Morgan fingerprint density at radius 1 is 1.23 bits per heavy atom. The molecule has 18 nitrogen and oxygen atoms in total. The summed E-state index contributed by atoms with van der Waals surface area (Å²) in [5.41, 5.74) is 4.89. The first-order valence-corrected chi connectivity index (χ1v) is 12.5. The summed E-state index contributed by atoms with van der Waals surface area (Å²) in [5, 5.41) is 10.1. The second kappa shape index (κ2) is 8.44. The molecular formula is C10H16N5O13P3. The number of aliphatic hydroxyl groups is 1. The van der Waals surface area contributed by atoms with E-state index in [1.807, 2.05) is 0 Å². The maximum absolute atomic E-state index is 11.8. The van der Waals surface area contributed by atoms with Crippen LogP contribution in [0.3, 0.4) is 0 Å². The van der Waals surface area contributed by atoms with Gasteiger partial charge in [-0.2, -0.15) is 13.6 Å². The van der Waals surface area contributed by atoms with Crippen molar-refractivity contribution in [2.45, 2.75) is 24.9 Å². The maximum Gasteiger partial charge on any atom is 0.490 e. The highest BCUT2D eigenvalue weighted by Crippen LogP contribution is 2.66. The second-order valence-electron chi connectivity index (χ2n) is 6.09. The van der Waals surface area contributed by atoms with Gasteiger partial charge in [0, 0.05) is 6.42 Å². The Morgan fingerprint density at radius 2 is 1.90 bits per heavy atom. The number of nitrogens with zero attached hydrogens (tertiary/aromatic N) is 3. The Labute approximate surface area is 171 Å². The molecule has 21 heteroatoms. The van der Waals surface area contributed by atoms with E-state index in [9.17, 15) is 28.5 Å². The number of fused-ring (bicyclic) bond motifs is 1. The van der Waals surface area contributed by atoms with Crippen LogP contribution in [0.4, 0.5) is 5.95 Å². The second-order valence-corrected chi connectivity index (χ2v) is 10.5. The van der Waals surface area contributed by atoms with Crippen molar-refractivity contribution in [2.75, 3.05) is 12.3 Å². The summed E-state index contributed by atoms with van der Waals surface area (Å²) < 4.78 is 52.1. The lowest BCUT2D eigenvalue weighted by molar-refractivity contribution is -0.0423. The van der Waals surface area contributed by atoms with Crippen LogP contribution in [-0.4, -0.2) is 63.0 Å². The predicted octanol–water partition coefficient (Wildman–Crippen LogP) is -1.31. The summed E-state index contributed by atoms with van der Waals surface area (Å²) in [6.45, 7) is -0.843. The minimum absolute atomic E-state index is 0.0481. The molecule has 31 heavy (non-hydrogen) atoms. The van der Waals surface area contributed by atoms with Crippen molar-refractivity contribution in [1.82, 2.24) is 19.5 Å². The number of phosphoric ester groups is 1. The Hall–Kier alpha value is -1.52. The van der Waals surface area contributed by atoms with Crippen LogP contribution in [0.25, 0.3) is 11.2 Å². The number of hydrogen-bond acceptors (Lipinski definition) is 12. The van der Waals surface area contributed by atoms with Crippen LogP contribution in [0, 0.1) is 0 Å². The van der Waals surface area contributed by atoms with Crippen LogP contribution < -0.4 is 11.3 Å². The van der Waals surface area contributed by atoms with Gasteiger partial charge < -0.3 is 35.2 Å². The van der Waals surface area contributed by atoms with Crippen LogP contribution >= 0.6 is 23.5 Å². The average Bonchev–Trinajstić information content (AvgIpc) is 3.13. The highest BCUT2D eigenvalue weighted by Gasteiger charge is 2.43. The summed E-state index contributed by atoms with van der Waals surface area (Å²) >= 11 is 0. The first-order valence-electron chi connectivity index (χ1n) is 8.00. The lowest BCUT2D eigenvalue weighted by atomic mass is 10.2. The number of hydrogen-bond donors (Lipinski definition) is 7. The maximum atomic E-state index is 11.8. The fourth-order valence-electron chi connectivity index (χ4n) is 2.66. The van der Waals surface area contributed by atoms with Crippen molar-refractivity contribution < 1.29 is 56.3 Å². The Kier molecular flexibility index (Phi) is 6.57. The van der Waals surface area contributed by atoms with Crippen molar-refractivity contribution in [3.8, 4) is 0 Å². The van der Waals surface area contributed by atoms with Crippen molar-refractivity contribution in [1.29, 1.82) is 0 Å². The standard InChI is InChI=1S/C10H16N5O13P3/c11-10-13-8-7(9(17)14-10)12-3-15(8)6-1-4(16)5(26-6)2-25-30(21,22)28-31(23,24)27-29(18,19)20/h3-6,16H,1-2H2,(H,21,22)(H,23,24)(H2,18,19,20)(H3,11,13,14,17)/t4-,5-,6+/m0/s1. The minimum atomic E-state index is -5.67. The molecule has 1 saturated heterocycles. The lowest BCUT2D eigenvalue weighted by Crippen LogP contribution is -2.26. The third kappa shape index (κ3) is 6.04. The van der Waals surface area contributed by atoms with Crippen LogP contribution in [0.5, 0.6) is 0 Å². The summed E-state index contributed by atoms with van der Waals surface area (Å²) in [6.07, 6.45) is -2.36. The summed E-state index contributed by atoms with van der Waals surface area (Å²) in [5.74, 6) is -0.193. The van der Waals surface area contributed by atoms with E-state index in [4.69, 9.17) is 25.2 Å². The molecule has 3 rings (SSSR count). The molecule has 0 amide bonds. The molecule has 174 valence electrons. The van der Waals surface area contributed by atoms with Gasteiger partial charge in [0.2, 0.25) is 5.95 Å². The van der Waals surface area contributed by atoms with E-state index >= 15 is 0 Å². The summed E-state index contributed by atoms with van der Waals surface area (Å²) in [6, 6.07) is 0. The monoisotopic (exact) mass is 507 g/mol. The number of phosphoric acid groups is 3. The number of nitrogens with one attached hydrogen (secondary N) is 1. The number of nitrogens with two attached hydrogens (primary N) is 1. The number of imidazole rings is 1.